The summed E-state index contributed by atoms with van der Waals surface area (Å²) in [4.78, 5) is 3.55. The molecule has 94 valence electrons. The first-order valence-electron chi connectivity index (χ1n) is 5.73. The molecule has 1 aliphatic rings. The Morgan fingerprint density at radius 1 is 1.35 bits per heavy atom. The Hall–Kier alpha value is -1.10. The van der Waals surface area contributed by atoms with E-state index in [2.05, 4.69) is 10.3 Å². The monoisotopic (exact) mass is 244 g/mol. The van der Waals surface area contributed by atoms with Gasteiger partial charge in [-0.05, 0) is 49.9 Å². The van der Waals surface area contributed by atoms with Gasteiger partial charge >= 0.3 is 6.18 Å². The van der Waals surface area contributed by atoms with Gasteiger partial charge in [0.15, 0.2) is 0 Å². The van der Waals surface area contributed by atoms with Gasteiger partial charge in [0.2, 0.25) is 0 Å². The molecule has 0 aliphatic carbocycles. The van der Waals surface area contributed by atoms with Crippen molar-refractivity contribution in [1.82, 2.24) is 10.3 Å². The Kier molecular flexibility index (Phi) is 3.38. The highest BCUT2D eigenvalue weighted by Gasteiger charge is 2.33. The second-order valence-electron chi connectivity index (χ2n) is 4.47. The van der Waals surface area contributed by atoms with Gasteiger partial charge in [-0.1, -0.05) is 0 Å². The van der Waals surface area contributed by atoms with Gasteiger partial charge in [-0.2, -0.15) is 13.2 Å². The fourth-order valence-corrected chi connectivity index (χ4v) is 2.21. The maximum Gasteiger partial charge on any atom is 0.433 e. The molecule has 0 aromatic carbocycles. The molecule has 1 aromatic rings. The van der Waals surface area contributed by atoms with Crippen molar-refractivity contribution >= 4 is 0 Å². The molecule has 2 heterocycles. The van der Waals surface area contributed by atoms with Crippen LogP contribution in [0.15, 0.2) is 12.1 Å². The van der Waals surface area contributed by atoms with Gasteiger partial charge in [0, 0.05) is 12.2 Å². The molecule has 17 heavy (non-hydrogen) atoms. The van der Waals surface area contributed by atoms with Crippen molar-refractivity contribution in [2.75, 3.05) is 13.1 Å². The van der Waals surface area contributed by atoms with Crippen LogP contribution >= 0.6 is 0 Å². The van der Waals surface area contributed by atoms with Gasteiger partial charge in [0.05, 0.1) is 0 Å². The van der Waals surface area contributed by atoms with E-state index in [0.29, 0.717) is 5.69 Å². The topological polar surface area (TPSA) is 24.9 Å². The van der Waals surface area contributed by atoms with Crippen molar-refractivity contribution < 1.29 is 13.2 Å². The molecule has 1 saturated heterocycles. The third kappa shape index (κ3) is 2.97. The fourth-order valence-electron chi connectivity index (χ4n) is 2.21. The quantitative estimate of drug-likeness (QED) is 0.821. The van der Waals surface area contributed by atoms with Gasteiger partial charge in [-0.3, -0.25) is 0 Å². The molecule has 1 atom stereocenters. The maximum atomic E-state index is 12.6. The first-order chi connectivity index (χ1) is 7.97. The van der Waals surface area contributed by atoms with Gasteiger partial charge in [0.1, 0.15) is 5.69 Å². The molecule has 0 bridgehead atoms. The highest BCUT2D eigenvalue weighted by Crippen LogP contribution is 2.31. The lowest BCUT2D eigenvalue weighted by atomic mass is 9.91. The zero-order valence-corrected chi connectivity index (χ0v) is 9.64. The Labute approximate surface area is 98.2 Å². The number of nitrogens with one attached hydrogen (secondary N) is 1. The number of halogens is 3. The Bertz CT molecular complexity index is 395. The van der Waals surface area contributed by atoms with Crippen molar-refractivity contribution in [3.05, 3.63) is 29.1 Å². The van der Waals surface area contributed by atoms with E-state index in [1.807, 2.05) is 0 Å². The van der Waals surface area contributed by atoms with Crippen LogP contribution in [0.25, 0.3) is 0 Å². The van der Waals surface area contributed by atoms with Crippen molar-refractivity contribution in [2.45, 2.75) is 31.9 Å². The molecule has 0 spiro atoms. The first-order valence-corrected chi connectivity index (χ1v) is 5.73. The number of alkyl halides is 3. The molecule has 2 rings (SSSR count). The van der Waals surface area contributed by atoms with Crippen LogP contribution in [-0.2, 0) is 6.18 Å². The zero-order chi connectivity index (χ0) is 12.5. The number of aryl methyl sites for hydroxylation is 1. The second kappa shape index (κ2) is 4.64. The minimum Gasteiger partial charge on any atom is -0.316 e. The van der Waals surface area contributed by atoms with Gasteiger partial charge in [-0.15, -0.1) is 0 Å². The average molecular weight is 244 g/mol. The summed E-state index contributed by atoms with van der Waals surface area (Å²) >= 11 is 0. The summed E-state index contributed by atoms with van der Waals surface area (Å²) in [6, 6.07) is 2.94. The summed E-state index contributed by atoms with van der Waals surface area (Å²) < 4.78 is 37.9. The highest BCUT2D eigenvalue weighted by atomic mass is 19.4. The summed E-state index contributed by atoms with van der Waals surface area (Å²) in [6.45, 7) is 3.31. The molecule has 5 heteroatoms. The molecule has 1 aliphatic heterocycles. The molecular formula is C12H15F3N2. The molecule has 2 nitrogen and oxygen atoms in total. The summed E-state index contributed by atoms with van der Waals surface area (Å²) in [5, 5.41) is 3.21. The van der Waals surface area contributed by atoms with Crippen LogP contribution in [0, 0.1) is 6.92 Å². The molecule has 1 unspecified atom stereocenters. The minimum atomic E-state index is -4.36. The summed E-state index contributed by atoms with van der Waals surface area (Å²) in [7, 11) is 0. The van der Waals surface area contributed by atoms with Gasteiger partial charge in [-0.25, -0.2) is 4.98 Å². The number of pyridine rings is 1. The van der Waals surface area contributed by atoms with Crippen molar-refractivity contribution in [2.24, 2.45) is 0 Å². The van der Waals surface area contributed by atoms with Crippen LogP contribution in [-0.4, -0.2) is 18.1 Å². The van der Waals surface area contributed by atoms with Crippen molar-refractivity contribution in [1.29, 1.82) is 0 Å². The minimum absolute atomic E-state index is 0.173. The predicted molar refractivity (Wildman–Crippen MR) is 58.8 cm³/mol. The van der Waals surface area contributed by atoms with Gasteiger partial charge < -0.3 is 5.32 Å². The predicted octanol–water partition coefficient (Wildman–Crippen LogP) is 2.88. The number of hydrogen-bond donors (Lipinski definition) is 1. The lowest BCUT2D eigenvalue weighted by molar-refractivity contribution is -0.141. The highest BCUT2D eigenvalue weighted by molar-refractivity contribution is 5.26. The largest absolute Gasteiger partial charge is 0.433 e. The molecular weight excluding hydrogens is 229 g/mol. The molecule has 1 N–H and O–H groups in total. The number of aromatic nitrogens is 1. The standard InChI is InChI=1S/C12H15F3N2/c1-8-5-10(9-3-2-4-16-7-9)6-11(17-8)12(13,14)15/h5-6,9,16H,2-4,7H2,1H3. The molecule has 1 fully saturated rings. The van der Waals surface area contributed by atoms with Crippen LogP contribution in [0.3, 0.4) is 0 Å². The number of hydrogen-bond acceptors (Lipinski definition) is 2. The SMILES string of the molecule is Cc1cc(C2CCCNC2)cc(C(F)(F)F)n1. The first kappa shape index (κ1) is 12.4. The van der Waals surface area contributed by atoms with Crippen LogP contribution in [0.5, 0.6) is 0 Å². The Morgan fingerprint density at radius 3 is 2.71 bits per heavy atom. The summed E-state index contributed by atoms with van der Waals surface area (Å²) in [5.74, 6) is 0.173. The molecule has 0 saturated carbocycles. The number of rotatable bonds is 1. The van der Waals surface area contributed by atoms with E-state index in [1.165, 1.54) is 6.07 Å². The van der Waals surface area contributed by atoms with E-state index >= 15 is 0 Å². The third-order valence-corrected chi connectivity index (χ3v) is 3.03. The van der Waals surface area contributed by atoms with Crippen LogP contribution in [0.4, 0.5) is 13.2 Å². The van der Waals surface area contributed by atoms with E-state index in [1.54, 1.807) is 13.0 Å². The van der Waals surface area contributed by atoms with E-state index in [0.717, 1.165) is 31.5 Å². The summed E-state index contributed by atoms with van der Waals surface area (Å²) in [6.07, 6.45) is -2.41. The number of piperidine rings is 1. The lowest BCUT2D eigenvalue weighted by Crippen LogP contribution is -2.28. The van der Waals surface area contributed by atoms with E-state index in [-0.39, 0.29) is 5.92 Å². The van der Waals surface area contributed by atoms with Crippen LogP contribution in [0.1, 0.15) is 35.7 Å². The van der Waals surface area contributed by atoms with E-state index < -0.39 is 11.9 Å². The normalized spacial score (nSPS) is 21.5. The molecule has 1 aromatic heterocycles. The Balaban J connectivity index is 2.31. The van der Waals surface area contributed by atoms with E-state index in [9.17, 15) is 13.2 Å². The zero-order valence-electron chi connectivity index (χ0n) is 9.64. The second-order valence-corrected chi connectivity index (χ2v) is 4.47. The van der Waals surface area contributed by atoms with Crippen molar-refractivity contribution in [3.63, 3.8) is 0 Å². The fraction of sp³-hybridized carbons (Fsp3) is 0.583. The molecule has 0 amide bonds. The Morgan fingerprint density at radius 2 is 2.12 bits per heavy atom. The average Bonchev–Trinajstić information content (AvgIpc) is 2.28. The van der Waals surface area contributed by atoms with E-state index in [4.69, 9.17) is 0 Å². The van der Waals surface area contributed by atoms with Crippen molar-refractivity contribution in [3.8, 4) is 0 Å². The van der Waals surface area contributed by atoms with Crippen LogP contribution < -0.4 is 5.32 Å². The maximum absolute atomic E-state index is 12.6. The third-order valence-electron chi connectivity index (χ3n) is 3.03. The lowest BCUT2D eigenvalue weighted by Gasteiger charge is -2.24. The smallest absolute Gasteiger partial charge is 0.316 e. The molecule has 0 radical (unpaired) electrons. The van der Waals surface area contributed by atoms with Gasteiger partial charge in [0.25, 0.3) is 0 Å². The summed E-state index contributed by atoms with van der Waals surface area (Å²) in [5.41, 5.74) is 0.399. The van der Waals surface area contributed by atoms with Crippen LogP contribution in [0.2, 0.25) is 0 Å². The number of nitrogens with zero attached hydrogens (tertiary/aromatic N) is 1.